The number of aliphatic imine (C=N–C) groups is 1. The molecule has 0 aromatic carbocycles. The minimum absolute atomic E-state index is 0.0136. The van der Waals surface area contributed by atoms with Gasteiger partial charge in [0.15, 0.2) is 23.7 Å². The molecule has 2 aromatic heterocycles. The summed E-state index contributed by atoms with van der Waals surface area (Å²) < 4.78 is 62.5. The standard InChI is InChI=1S/C42H74N17O23P3S/c1-42(2,19-79-85(76,77)82-84(74,75)78-17-25-31(65)32(81-83(71,72)73)40(80-25)59-21-55-30-34(44)53-20-54-36(30)59)33(66)39(70)49-11-8-26(61)48-12-13-86-18-29(64)58-24(16-60)38(69)52-15-28(63)57-23(7-5-10-50-41(46)47)37(68)51-14-27(62)56-22(35(45)67)6-3-4-9-43/h20-25,31-33,40,60,65-66H,3-19,43H2,1-2H3,(H2,45,67)(H,48,61)(H,49,70)(H,51,68)(H,52,69)(H,56,62)(H,57,63)(H,58,64)(H,74,75)(H,76,77)(H2,44,53,54)(H4,46,47,50)(H2,71,72,73)/t22-,23-,24-,25+,31+,32+,33?,40+/m0/s1. The zero-order valence-electron chi connectivity index (χ0n) is 46.3. The Labute approximate surface area is 493 Å². The molecule has 1 aliphatic heterocycles. The number of phosphoric acid groups is 3. The fourth-order valence-electron chi connectivity index (χ4n) is 7.40. The van der Waals surface area contributed by atoms with Gasteiger partial charge in [-0.05, 0) is 38.6 Å². The number of hydrogen-bond acceptors (Lipinski definition) is 26. The summed E-state index contributed by atoms with van der Waals surface area (Å²) in [7, 11) is -16.5. The van der Waals surface area contributed by atoms with Crippen molar-refractivity contribution in [3.63, 3.8) is 0 Å². The highest BCUT2D eigenvalue weighted by molar-refractivity contribution is 7.99. The highest BCUT2D eigenvalue weighted by atomic mass is 32.2. The number of hydrogen-bond donors (Lipinski definition) is 19. The maximum atomic E-state index is 13.0. The fraction of sp³-hybridized carbons (Fsp3) is 0.667. The van der Waals surface area contributed by atoms with Gasteiger partial charge >= 0.3 is 23.5 Å². The van der Waals surface area contributed by atoms with Gasteiger partial charge in [0.2, 0.25) is 47.3 Å². The maximum absolute atomic E-state index is 13.0. The highest BCUT2D eigenvalue weighted by Crippen LogP contribution is 2.61. The van der Waals surface area contributed by atoms with Crippen molar-refractivity contribution in [3.05, 3.63) is 12.7 Å². The molecule has 3 unspecified atom stereocenters. The summed E-state index contributed by atoms with van der Waals surface area (Å²) in [6.07, 6.45) is -5.98. The van der Waals surface area contributed by atoms with Gasteiger partial charge < -0.3 is 106 Å². The van der Waals surface area contributed by atoms with Gasteiger partial charge in [-0.25, -0.2) is 28.6 Å². The van der Waals surface area contributed by atoms with Gasteiger partial charge in [-0.1, -0.05) is 13.8 Å². The van der Waals surface area contributed by atoms with E-state index in [4.69, 9.17) is 47.0 Å². The van der Waals surface area contributed by atoms with Gasteiger partial charge in [-0.3, -0.25) is 61.5 Å². The number of nitrogens with zero attached hydrogens (tertiary/aromatic N) is 5. The van der Waals surface area contributed by atoms with Crippen LogP contribution in [0.4, 0.5) is 5.82 Å². The zero-order valence-corrected chi connectivity index (χ0v) is 49.8. The molecule has 0 bridgehead atoms. The minimum Gasteiger partial charge on any atom is -0.394 e. The van der Waals surface area contributed by atoms with Crippen LogP contribution in [0.2, 0.25) is 0 Å². The van der Waals surface area contributed by atoms with E-state index in [2.05, 4.69) is 61.5 Å². The number of amides is 8. The van der Waals surface area contributed by atoms with E-state index in [1.165, 1.54) is 13.8 Å². The second-order valence-electron chi connectivity index (χ2n) is 19.2. The first-order valence-corrected chi connectivity index (χ1v) is 31.4. The number of aromatic nitrogens is 4. The lowest BCUT2D eigenvalue weighted by atomic mass is 9.87. The van der Waals surface area contributed by atoms with E-state index in [0.29, 0.717) is 19.4 Å². The van der Waals surface area contributed by atoms with Crippen LogP contribution in [0.1, 0.15) is 58.6 Å². The number of aliphatic hydroxyl groups is 3. The lowest BCUT2D eigenvalue weighted by molar-refractivity contribution is -0.137. The number of fused-ring (bicyclic) bond motifs is 1. The Bertz CT molecular complexity index is 2830. The summed E-state index contributed by atoms with van der Waals surface area (Å²) in [4.78, 5) is 156. The number of ether oxygens (including phenoxy) is 1. The van der Waals surface area contributed by atoms with Crippen molar-refractivity contribution < 1.29 is 110 Å². The summed E-state index contributed by atoms with van der Waals surface area (Å²) in [5.74, 6) is -6.95. The van der Waals surface area contributed by atoms with Crippen molar-refractivity contribution in [1.82, 2.24) is 56.7 Å². The van der Waals surface area contributed by atoms with Crippen LogP contribution in [0.3, 0.4) is 0 Å². The summed E-state index contributed by atoms with van der Waals surface area (Å²) in [6.45, 7) is -1.76. The molecule has 44 heteroatoms. The molecule has 0 saturated carbocycles. The molecule has 86 heavy (non-hydrogen) atoms. The quantitative estimate of drug-likeness (QED) is 0.0128. The van der Waals surface area contributed by atoms with E-state index in [-0.39, 0.29) is 79.8 Å². The SMILES string of the molecule is CC(C)(COP(=O)(O)OP(=O)(O)OC[C@H]1O[C@@H](n2cnc3c(N)ncnc32)[C@H](OP(=O)(O)O)[C@@H]1O)C(O)C(=O)NCCC(=O)NCCSCC(=O)N[C@@H](CO)C(=O)NCC(=O)N[C@@H](CCCN=C(N)N)C(=O)NCC(=O)N[C@@H](CCCCN)C(N)=O. The van der Waals surface area contributed by atoms with Crippen molar-refractivity contribution in [2.45, 2.75) is 101 Å². The Morgan fingerprint density at radius 1 is 0.802 bits per heavy atom. The van der Waals surface area contributed by atoms with Gasteiger partial charge in [0, 0.05) is 37.2 Å². The molecule has 0 spiro atoms. The number of nitrogens with one attached hydrogen (secondary N) is 7. The molecular formula is C42H74N17O23P3S. The predicted molar refractivity (Wildman–Crippen MR) is 298 cm³/mol. The second kappa shape index (κ2) is 35.0. The monoisotopic (exact) mass is 1310 g/mol. The molecule has 24 N–H and O–H groups in total. The summed E-state index contributed by atoms with van der Waals surface area (Å²) in [6, 6.07) is -3.78. The van der Waals surface area contributed by atoms with Crippen LogP contribution >= 0.6 is 35.2 Å². The predicted octanol–water partition coefficient (Wildman–Crippen LogP) is -7.51. The topological polar surface area (TPSA) is 646 Å². The average Bonchev–Trinajstić information content (AvgIpc) is 1.88. The minimum atomic E-state index is -5.62. The van der Waals surface area contributed by atoms with Crippen molar-refractivity contribution in [2.24, 2.45) is 33.3 Å². The number of nitrogen functional groups attached to an aromatic ring is 1. The van der Waals surface area contributed by atoms with Crippen LogP contribution < -0.4 is 65.9 Å². The van der Waals surface area contributed by atoms with E-state index in [0.717, 1.165) is 29.0 Å². The Morgan fingerprint density at radius 3 is 2.03 bits per heavy atom. The molecule has 486 valence electrons. The molecule has 3 heterocycles. The molecule has 1 saturated heterocycles. The van der Waals surface area contributed by atoms with Crippen LogP contribution in [0, 0.1) is 5.41 Å². The second-order valence-corrected chi connectivity index (χ2v) is 24.6. The first-order chi connectivity index (χ1) is 40.2. The number of carbonyl (C=O) groups is 8. The number of primary amides is 1. The number of aliphatic hydroxyl groups excluding tert-OH is 3. The van der Waals surface area contributed by atoms with Crippen LogP contribution in [-0.2, 0) is 74.7 Å². The molecule has 1 aliphatic rings. The van der Waals surface area contributed by atoms with Crippen molar-refractivity contribution in [3.8, 4) is 0 Å². The third-order valence-corrected chi connectivity index (χ3v) is 15.8. The van der Waals surface area contributed by atoms with Crippen molar-refractivity contribution in [2.75, 3.05) is 76.3 Å². The van der Waals surface area contributed by atoms with E-state index in [9.17, 15) is 86.9 Å². The molecule has 2 aromatic rings. The summed E-state index contributed by atoms with van der Waals surface area (Å²) in [5.41, 5.74) is 25.6. The number of unbranched alkanes of at least 4 members (excludes halogenated alkanes) is 1. The van der Waals surface area contributed by atoms with Crippen LogP contribution in [0.25, 0.3) is 11.2 Å². The number of nitrogens with two attached hydrogens (primary N) is 5. The van der Waals surface area contributed by atoms with Gasteiger partial charge in [0.25, 0.3) is 0 Å². The molecule has 40 nitrogen and oxygen atoms in total. The Balaban J connectivity index is 1.37. The molecule has 1 fully saturated rings. The average molecular weight is 1310 g/mol. The van der Waals surface area contributed by atoms with Gasteiger partial charge in [0.05, 0.1) is 45.0 Å². The first-order valence-electron chi connectivity index (χ1n) is 25.8. The van der Waals surface area contributed by atoms with Crippen LogP contribution in [0.5, 0.6) is 0 Å². The Morgan fingerprint density at radius 2 is 1.42 bits per heavy atom. The third kappa shape index (κ3) is 26.1. The Hall–Kier alpha value is -6.10. The smallest absolute Gasteiger partial charge is 0.394 e. The number of imidazole rings is 1. The first kappa shape index (κ1) is 74.2. The van der Waals surface area contributed by atoms with E-state index < -0.39 is 158 Å². The molecule has 0 aliphatic carbocycles. The maximum Gasteiger partial charge on any atom is 0.481 e. The largest absolute Gasteiger partial charge is 0.481 e. The molecule has 10 atom stereocenters. The van der Waals surface area contributed by atoms with Gasteiger partial charge in [0.1, 0.15) is 54.4 Å². The number of guanidine groups is 1. The lowest BCUT2D eigenvalue weighted by Gasteiger charge is -2.30. The Kier molecular flexibility index (Phi) is 30.2. The highest BCUT2D eigenvalue weighted by Gasteiger charge is 2.50. The summed E-state index contributed by atoms with van der Waals surface area (Å²) in [5, 5.41) is 47.9. The number of anilines is 1. The van der Waals surface area contributed by atoms with E-state index in [1.807, 2.05) is 0 Å². The molecule has 0 radical (unpaired) electrons. The number of carbonyl (C=O) groups excluding carboxylic acids is 8. The number of phosphoric ester groups is 3. The fourth-order valence-corrected chi connectivity index (χ4v) is 10.9. The lowest BCUT2D eigenvalue weighted by Crippen LogP contribution is -2.54. The van der Waals surface area contributed by atoms with Crippen molar-refractivity contribution in [1.29, 1.82) is 0 Å². The number of rotatable bonds is 40. The van der Waals surface area contributed by atoms with E-state index in [1.54, 1.807) is 0 Å². The van der Waals surface area contributed by atoms with Crippen LogP contribution in [0.15, 0.2) is 17.6 Å². The van der Waals surface area contributed by atoms with E-state index >= 15 is 0 Å². The normalized spacial score (nSPS) is 18.9. The molecule has 8 amide bonds. The molecular weight excluding hydrogens is 1240 g/mol. The molecule has 3 rings (SSSR count). The summed E-state index contributed by atoms with van der Waals surface area (Å²) >= 11 is 1.01. The van der Waals surface area contributed by atoms with Gasteiger partial charge in [-0.2, -0.15) is 16.1 Å². The zero-order chi connectivity index (χ0) is 64.6. The van der Waals surface area contributed by atoms with Crippen LogP contribution in [-0.4, -0.2) is 221 Å². The third-order valence-electron chi connectivity index (χ3n) is 11.8. The van der Waals surface area contributed by atoms with Crippen molar-refractivity contribution >= 4 is 105 Å². The van der Waals surface area contributed by atoms with Gasteiger partial charge in [-0.15, -0.1) is 0 Å². The number of thioether (sulfide) groups is 1.